The van der Waals surface area contributed by atoms with E-state index in [0.29, 0.717) is 25.7 Å². The van der Waals surface area contributed by atoms with Crippen LogP contribution in [0.1, 0.15) is 123 Å². The molecular formula is C46H75O13P. The normalized spacial score (nSPS) is 21.4. The second kappa shape index (κ2) is 35.6. The molecule has 0 spiro atoms. The Kier molecular flexibility index (Phi) is 32.7. The zero-order valence-electron chi connectivity index (χ0n) is 36.0. The van der Waals surface area contributed by atoms with Crippen molar-refractivity contribution in [1.82, 2.24) is 0 Å². The number of aliphatic hydroxyl groups excluding tert-OH is 5. The maximum Gasteiger partial charge on any atom is 0.472 e. The molecule has 0 bridgehead atoms. The van der Waals surface area contributed by atoms with Gasteiger partial charge < -0.3 is 39.9 Å². The van der Waals surface area contributed by atoms with Gasteiger partial charge >= 0.3 is 19.8 Å². The summed E-state index contributed by atoms with van der Waals surface area (Å²) < 4.78 is 32.5. The van der Waals surface area contributed by atoms with Crippen LogP contribution in [0.15, 0.2) is 85.1 Å². The third-order valence-electron chi connectivity index (χ3n) is 9.64. The van der Waals surface area contributed by atoms with Crippen molar-refractivity contribution in [3.8, 4) is 0 Å². The first-order valence-electron chi connectivity index (χ1n) is 21.8. The maximum atomic E-state index is 12.6. The van der Waals surface area contributed by atoms with E-state index in [-0.39, 0.29) is 31.1 Å². The number of hydrogen-bond donors (Lipinski definition) is 6. The molecule has 8 atom stereocenters. The molecule has 1 aliphatic carbocycles. The van der Waals surface area contributed by atoms with Gasteiger partial charge in [-0.2, -0.15) is 0 Å². The molecule has 1 saturated carbocycles. The zero-order chi connectivity index (χ0) is 44.3. The van der Waals surface area contributed by atoms with Crippen molar-refractivity contribution in [3.05, 3.63) is 85.1 Å². The highest BCUT2D eigenvalue weighted by molar-refractivity contribution is 7.47. The lowest BCUT2D eigenvalue weighted by atomic mass is 9.89. The summed E-state index contributed by atoms with van der Waals surface area (Å²) in [6, 6.07) is 0. The fraction of sp³-hybridized carbons (Fsp3) is 0.652. The van der Waals surface area contributed by atoms with Gasteiger partial charge in [0.1, 0.15) is 12.7 Å². The molecule has 0 saturated heterocycles. The molecule has 1 aliphatic rings. The van der Waals surface area contributed by atoms with Crippen LogP contribution in [-0.4, -0.2) is 99.3 Å². The van der Waals surface area contributed by atoms with Crippen LogP contribution < -0.4 is 0 Å². The number of unbranched alkanes of at least 4 members (excludes halogenated alkanes) is 5. The number of esters is 2. The Morgan fingerprint density at radius 2 is 1.30 bits per heavy atom. The van der Waals surface area contributed by atoms with Crippen LogP contribution in [0.5, 0.6) is 0 Å². The summed E-state index contributed by atoms with van der Waals surface area (Å²) in [5, 5.41) is 49.7. The Bertz CT molecular complexity index is 1390. The number of ether oxygens (including phenoxy) is 2. The topological polar surface area (TPSA) is 210 Å². The molecule has 1 rings (SSSR count). The summed E-state index contributed by atoms with van der Waals surface area (Å²) >= 11 is 0. The highest BCUT2D eigenvalue weighted by Gasteiger charge is 2.39. The van der Waals surface area contributed by atoms with Crippen molar-refractivity contribution in [2.75, 3.05) is 26.4 Å². The summed E-state index contributed by atoms with van der Waals surface area (Å²) in [7, 11) is -4.72. The molecule has 1 fully saturated rings. The molecule has 0 heterocycles. The highest BCUT2D eigenvalue weighted by Crippen LogP contribution is 2.43. The number of carbonyl (C=O) groups excluding carboxylic acids is 2. The molecule has 0 aromatic rings. The second-order valence-corrected chi connectivity index (χ2v) is 16.5. The van der Waals surface area contributed by atoms with Crippen molar-refractivity contribution >= 4 is 19.8 Å². The predicted molar refractivity (Wildman–Crippen MR) is 234 cm³/mol. The van der Waals surface area contributed by atoms with Crippen LogP contribution in [0, 0.1) is 11.8 Å². The number of rotatable bonds is 35. The van der Waals surface area contributed by atoms with Crippen LogP contribution in [0.3, 0.4) is 0 Å². The lowest BCUT2D eigenvalue weighted by molar-refractivity contribution is -0.160. The minimum Gasteiger partial charge on any atom is -0.461 e. The summed E-state index contributed by atoms with van der Waals surface area (Å²) in [6.07, 6.45) is 35.5. The van der Waals surface area contributed by atoms with Gasteiger partial charge in [-0.15, -0.1) is 0 Å². The maximum absolute atomic E-state index is 12.6. The molecule has 0 aromatic carbocycles. The summed E-state index contributed by atoms with van der Waals surface area (Å²) in [5.41, 5.74) is 0. The molecular weight excluding hydrogens is 791 g/mol. The fourth-order valence-corrected chi connectivity index (χ4v) is 6.97. The van der Waals surface area contributed by atoms with Gasteiger partial charge in [0.05, 0.1) is 44.6 Å². The first-order chi connectivity index (χ1) is 28.9. The van der Waals surface area contributed by atoms with Gasteiger partial charge in [0.2, 0.25) is 0 Å². The van der Waals surface area contributed by atoms with Crippen LogP contribution in [0.4, 0.5) is 0 Å². The van der Waals surface area contributed by atoms with Crippen molar-refractivity contribution in [3.63, 3.8) is 0 Å². The van der Waals surface area contributed by atoms with E-state index < -0.39 is 76.7 Å². The van der Waals surface area contributed by atoms with Crippen molar-refractivity contribution in [1.29, 1.82) is 0 Å². The first-order valence-corrected chi connectivity index (χ1v) is 23.3. The average Bonchev–Trinajstić information content (AvgIpc) is 3.50. The fourth-order valence-electron chi connectivity index (χ4n) is 6.18. The van der Waals surface area contributed by atoms with E-state index in [2.05, 4.69) is 60.9 Å². The Balaban J connectivity index is 2.57. The van der Waals surface area contributed by atoms with E-state index in [1.165, 1.54) is 19.3 Å². The van der Waals surface area contributed by atoms with Gasteiger partial charge in [-0.05, 0) is 63.7 Å². The van der Waals surface area contributed by atoms with Crippen molar-refractivity contribution in [2.24, 2.45) is 11.8 Å². The number of aliphatic hydroxyl groups is 5. The van der Waals surface area contributed by atoms with Crippen molar-refractivity contribution < 1.29 is 63.1 Å². The predicted octanol–water partition coefficient (Wildman–Crippen LogP) is 7.82. The second-order valence-electron chi connectivity index (χ2n) is 15.0. The molecule has 13 nitrogen and oxygen atoms in total. The van der Waals surface area contributed by atoms with E-state index >= 15 is 0 Å². The summed E-state index contributed by atoms with van der Waals surface area (Å²) in [6.45, 7) is 1.76. The zero-order valence-corrected chi connectivity index (χ0v) is 36.9. The lowest BCUT2D eigenvalue weighted by Crippen LogP contribution is -2.29. The van der Waals surface area contributed by atoms with E-state index in [0.717, 1.165) is 44.9 Å². The van der Waals surface area contributed by atoms with Crippen molar-refractivity contribution in [2.45, 2.75) is 154 Å². The summed E-state index contributed by atoms with van der Waals surface area (Å²) in [4.78, 5) is 35.2. The van der Waals surface area contributed by atoms with Gasteiger partial charge in [-0.1, -0.05) is 131 Å². The minimum atomic E-state index is -4.72. The van der Waals surface area contributed by atoms with Crippen LogP contribution in [0.2, 0.25) is 0 Å². The molecule has 0 amide bonds. The molecule has 0 radical (unpaired) electrons. The molecule has 14 heteroatoms. The number of phosphoric ester groups is 1. The Morgan fingerprint density at radius 1 is 0.717 bits per heavy atom. The molecule has 0 aliphatic heterocycles. The average molecular weight is 867 g/mol. The Hall–Kier alpha value is -2.97. The number of allylic oxidation sites excluding steroid dienone is 11. The standard InChI is InChI=1S/C46H75O13P/c1-3-5-7-8-9-10-11-12-13-14-15-16-17-18-19-20-21-22-24-30-46(53)59-40(37-58-60(54,55)57-35-39(49)34-47)36-56-45(52)29-26-25-28-41-42(44(51)33-43(41)50)32-31-38(48)27-23-6-4-2/h9-10,12-13,15-16,18-19,21-22,25-26,31-32,38-44,47-51H,3-8,11,14,17,20,23-24,27-30,33-37H2,1-2H3,(H,54,55)/b10-9-,13-12-,16-15-,19-18-,22-21-,26-25-,32-31+/t38-,39+,40-,41+,42-,43+,44-/m1/s1. The van der Waals surface area contributed by atoms with Gasteiger partial charge in [-0.3, -0.25) is 18.6 Å². The van der Waals surface area contributed by atoms with Gasteiger partial charge in [0.15, 0.2) is 6.10 Å². The van der Waals surface area contributed by atoms with Crippen LogP contribution in [-0.2, 0) is 32.7 Å². The molecule has 0 aromatic heterocycles. The minimum absolute atomic E-state index is 0.00992. The third kappa shape index (κ3) is 29.3. The first kappa shape index (κ1) is 55.0. The van der Waals surface area contributed by atoms with Gasteiger partial charge in [0, 0.05) is 18.8 Å². The Morgan fingerprint density at radius 3 is 1.92 bits per heavy atom. The van der Waals surface area contributed by atoms with E-state index in [4.69, 9.17) is 19.1 Å². The largest absolute Gasteiger partial charge is 0.472 e. The molecule has 6 N–H and O–H groups in total. The van der Waals surface area contributed by atoms with Gasteiger partial charge in [-0.25, -0.2) is 4.57 Å². The van der Waals surface area contributed by atoms with Crippen LogP contribution in [0.25, 0.3) is 0 Å². The molecule has 342 valence electrons. The smallest absolute Gasteiger partial charge is 0.461 e. The lowest BCUT2D eigenvalue weighted by Gasteiger charge is -2.20. The number of carbonyl (C=O) groups is 2. The molecule has 1 unspecified atom stereocenters. The number of phosphoric acid groups is 1. The van der Waals surface area contributed by atoms with E-state index in [1.54, 1.807) is 24.3 Å². The van der Waals surface area contributed by atoms with E-state index in [9.17, 15) is 39.5 Å². The third-order valence-corrected chi connectivity index (χ3v) is 10.6. The quantitative estimate of drug-likeness (QED) is 0.0156. The van der Waals surface area contributed by atoms with Gasteiger partial charge in [0.25, 0.3) is 0 Å². The highest BCUT2D eigenvalue weighted by atomic mass is 31.2. The summed E-state index contributed by atoms with van der Waals surface area (Å²) in [5.74, 6) is -2.00. The monoisotopic (exact) mass is 866 g/mol. The van der Waals surface area contributed by atoms with Crippen LogP contribution >= 0.6 is 7.82 Å². The number of hydrogen-bond acceptors (Lipinski definition) is 12. The molecule has 60 heavy (non-hydrogen) atoms. The SMILES string of the molecule is CCCCC/C=C\C/C=C\C/C=C\C/C=C\C/C=C\CCC(=O)O[C@H](COC(=O)C/C=C\C[C@H]1[C@@H](/C=C/[C@H](O)CCCCC)[C@H](O)C[C@@H]1O)COP(=O)(O)OC[C@@H](O)CO. The van der Waals surface area contributed by atoms with E-state index in [1.807, 2.05) is 18.2 Å². The Labute approximate surface area is 358 Å².